The zero-order valence-corrected chi connectivity index (χ0v) is 5.17. The van der Waals surface area contributed by atoms with E-state index >= 15 is 0 Å². The van der Waals surface area contributed by atoms with Crippen LogP contribution in [0.4, 0.5) is 0 Å². The van der Waals surface area contributed by atoms with Crippen molar-refractivity contribution in [3.8, 4) is 0 Å². The molecule has 5 heteroatoms. The molecule has 0 unspecified atom stereocenters. The van der Waals surface area contributed by atoms with Crippen molar-refractivity contribution in [2.75, 3.05) is 0 Å². The summed E-state index contributed by atoms with van der Waals surface area (Å²) in [5, 5.41) is 0. The van der Waals surface area contributed by atoms with Gasteiger partial charge in [-0.05, 0) is 0 Å². The van der Waals surface area contributed by atoms with Crippen LogP contribution < -0.4 is 0 Å². The number of rotatable bonds is 0. The molecule has 0 atom stereocenters. The Kier molecular flexibility index (Phi) is 972. The van der Waals surface area contributed by atoms with Gasteiger partial charge in [0, 0.05) is 50.1 Å². The van der Waals surface area contributed by atoms with Crippen LogP contribution in [0, 0.1) is 0 Å². The predicted molar refractivity (Wildman–Crippen MR) is 7.23 cm³/mol. The molecule has 0 aromatic carbocycles. The van der Waals surface area contributed by atoms with Gasteiger partial charge in [0.15, 0.2) is 0 Å². The minimum atomic E-state index is 0. The van der Waals surface area contributed by atoms with Crippen molar-refractivity contribution in [3.63, 3.8) is 0 Å². The molecule has 5 heavy (non-hydrogen) atoms. The summed E-state index contributed by atoms with van der Waals surface area (Å²) in [6.07, 6.45) is 0. The third kappa shape index (κ3) is 31.3. The van der Waals surface area contributed by atoms with E-state index in [9.17, 15) is 0 Å². The van der Waals surface area contributed by atoms with E-state index in [0.717, 1.165) is 0 Å². The van der Waals surface area contributed by atoms with Crippen LogP contribution in [0.1, 0.15) is 0 Å². The largest absolute Gasteiger partial charge is 0.412 e. The molecule has 0 saturated carbocycles. The van der Waals surface area contributed by atoms with E-state index < -0.39 is 0 Å². The van der Waals surface area contributed by atoms with Crippen LogP contribution in [0.3, 0.4) is 0 Å². The summed E-state index contributed by atoms with van der Waals surface area (Å²) in [6, 6.07) is 0. The molecule has 0 saturated heterocycles. The first kappa shape index (κ1) is 93.0. The topological polar surface area (TPSA) is 63.0 Å². The molecular weight excluding hydrogens is 204 g/mol. The van der Waals surface area contributed by atoms with Crippen molar-refractivity contribution >= 4 is 0 Å². The van der Waals surface area contributed by atoms with E-state index in [-0.39, 0.29) is 61.0 Å². The fourth-order valence-corrected chi connectivity index (χ4v) is 0. The molecule has 2 nitrogen and oxygen atoms in total. The molecule has 0 aliphatic rings. The molecule has 0 aromatic rings. The Bertz CT molecular complexity index is 7.61. The van der Waals surface area contributed by atoms with E-state index in [2.05, 4.69) is 0 Å². The van der Waals surface area contributed by atoms with Gasteiger partial charge in [0.1, 0.15) is 0 Å². The summed E-state index contributed by atoms with van der Waals surface area (Å²) < 4.78 is 0. The van der Waals surface area contributed by atoms with E-state index in [1.54, 1.807) is 0 Å². The van der Waals surface area contributed by atoms with Crippen LogP contribution in [-0.2, 0) is 50.1 Å². The van der Waals surface area contributed by atoms with Crippen molar-refractivity contribution in [2.24, 2.45) is 0 Å². The zero-order valence-electron chi connectivity index (χ0n) is 2.01. The van der Waals surface area contributed by atoms with Gasteiger partial charge in [-0.1, -0.05) is 0 Å². The molecule has 0 fully saturated rings. The predicted octanol–water partition coefficient (Wildman–Crippen LogP) is -1.66. The van der Waals surface area contributed by atoms with Gasteiger partial charge in [-0.15, -0.1) is 0 Å². The van der Waals surface area contributed by atoms with E-state index in [4.69, 9.17) is 0 Å². The minimum Gasteiger partial charge on any atom is -0.412 e. The van der Waals surface area contributed by atoms with Crippen molar-refractivity contribution in [1.82, 2.24) is 0 Å². The molecule has 1 radical (unpaired) electrons. The van der Waals surface area contributed by atoms with Crippen molar-refractivity contribution in [2.45, 2.75) is 0 Å². The molecule has 0 heterocycles. The third-order valence-electron chi connectivity index (χ3n) is 0. The van der Waals surface area contributed by atoms with Crippen molar-refractivity contribution in [1.29, 1.82) is 0 Å². The molecule has 43 valence electrons. The zero-order chi connectivity index (χ0) is 0. The van der Waals surface area contributed by atoms with Gasteiger partial charge in [-0.2, -0.15) is 0 Å². The average Bonchev–Trinajstić information content (AvgIpc) is 0. The van der Waals surface area contributed by atoms with Crippen LogP contribution >= 0.6 is 0 Å². The summed E-state index contributed by atoms with van der Waals surface area (Å²) in [4.78, 5) is 0. The second-order valence-electron chi connectivity index (χ2n) is 0. The third-order valence-corrected chi connectivity index (χ3v) is 0. The van der Waals surface area contributed by atoms with Crippen LogP contribution in [-0.4, -0.2) is 11.0 Å². The van der Waals surface area contributed by atoms with Crippen molar-refractivity contribution in [3.05, 3.63) is 0 Å². The summed E-state index contributed by atoms with van der Waals surface area (Å²) >= 11 is 0. The Hall–Kier alpha value is 1.43. The van der Waals surface area contributed by atoms with Crippen LogP contribution in [0.2, 0.25) is 0 Å². The SMILES string of the molecule is O.O.[Mn].[Ni].[Ni]. The fraction of sp³-hybridized carbons (Fsp3) is 0. The second-order valence-corrected chi connectivity index (χ2v) is 0. The summed E-state index contributed by atoms with van der Waals surface area (Å²) in [6.45, 7) is 0. The molecule has 0 spiro atoms. The first-order chi connectivity index (χ1) is 0. The molecule has 0 aromatic heterocycles. The maximum atomic E-state index is 0. The second kappa shape index (κ2) is 52.3. The van der Waals surface area contributed by atoms with Gasteiger partial charge >= 0.3 is 0 Å². The van der Waals surface area contributed by atoms with Crippen LogP contribution in [0.25, 0.3) is 0 Å². The van der Waals surface area contributed by atoms with Gasteiger partial charge < -0.3 is 11.0 Å². The Balaban J connectivity index is 0. The van der Waals surface area contributed by atoms with Gasteiger partial charge in [-0.25, -0.2) is 0 Å². The Labute approximate surface area is 61.0 Å². The first-order valence-electron chi connectivity index (χ1n) is 0. The fourth-order valence-electron chi connectivity index (χ4n) is 0. The average molecular weight is 208 g/mol. The summed E-state index contributed by atoms with van der Waals surface area (Å²) in [5.74, 6) is 0. The van der Waals surface area contributed by atoms with Crippen LogP contribution in [0.15, 0.2) is 0 Å². The molecule has 0 rings (SSSR count). The quantitative estimate of drug-likeness (QED) is 0.428. The van der Waals surface area contributed by atoms with Gasteiger partial charge in [0.2, 0.25) is 0 Å². The Morgan fingerprint density at radius 1 is 0.600 bits per heavy atom. The summed E-state index contributed by atoms with van der Waals surface area (Å²) in [7, 11) is 0. The first-order valence-corrected chi connectivity index (χ1v) is 0. The molecule has 0 amide bonds. The Morgan fingerprint density at radius 3 is 0.600 bits per heavy atom. The van der Waals surface area contributed by atoms with Gasteiger partial charge in [0.05, 0.1) is 0 Å². The molecular formula is H4MnNi2O2. The normalized spacial score (nSPS) is 0. The molecule has 0 aliphatic heterocycles. The smallest absolute Gasteiger partial charge is 0 e. The molecule has 4 N–H and O–H groups in total. The van der Waals surface area contributed by atoms with E-state index in [1.165, 1.54) is 0 Å². The Morgan fingerprint density at radius 2 is 0.600 bits per heavy atom. The van der Waals surface area contributed by atoms with E-state index in [0.29, 0.717) is 0 Å². The standard InChI is InChI=1S/Mn.2Ni.2H2O/h;;;2*1H2. The summed E-state index contributed by atoms with van der Waals surface area (Å²) in [5.41, 5.74) is 0. The molecule has 0 bridgehead atoms. The number of hydrogen-bond donors (Lipinski definition) is 0. The monoisotopic (exact) mass is 207 g/mol. The van der Waals surface area contributed by atoms with E-state index in [1.807, 2.05) is 0 Å². The van der Waals surface area contributed by atoms with Crippen LogP contribution in [0.5, 0.6) is 0 Å². The maximum absolute atomic E-state index is 0. The van der Waals surface area contributed by atoms with Gasteiger partial charge in [-0.3, -0.25) is 0 Å². The number of hydrogen-bond acceptors (Lipinski definition) is 0. The minimum absolute atomic E-state index is 0. The van der Waals surface area contributed by atoms with Crippen molar-refractivity contribution < 1.29 is 61.0 Å². The molecule has 0 aliphatic carbocycles. The van der Waals surface area contributed by atoms with Gasteiger partial charge in [0.25, 0.3) is 0 Å². The maximum Gasteiger partial charge on any atom is 0 e.